The molecule has 1 heterocycles. The molecule has 4 nitrogen and oxygen atoms in total. The molecule has 0 saturated carbocycles. The number of hydrogen-bond acceptors (Lipinski definition) is 2. The van der Waals surface area contributed by atoms with Crippen LogP contribution in [0.25, 0.3) is 11.4 Å². The van der Waals surface area contributed by atoms with Gasteiger partial charge >= 0.3 is 0 Å². The van der Waals surface area contributed by atoms with Crippen LogP contribution in [-0.4, -0.2) is 9.36 Å². The minimum absolute atomic E-state index is 0.186. The summed E-state index contributed by atoms with van der Waals surface area (Å²) in [6.45, 7) is 8.22. The number of aromatic nitrogens is 2. The van der Waals surface area contributed by atoms with Crippen molar-refractivity contribution in [3.63, 3.8) is 0 Å². The first kappa shape index (κ1) is 16.1. The Kier molecular flexibility index (Phi) is 3.84. The number of anilines is 1. The Hall–Kier alpha value is -2.75. The number of nitrogen functional groups attached to an aromatic ring is 1. The highest BCUT2D eigenvalue weighted by Crippen LogP contribution is 2.30. The van der Waals surface area contributed by atoms with E-state index in [-0.39, 0.29) is 11.0 Å². The van der Waals surface area contributed by atoms with Crippen molar-refractivity contribution in [2.45, 2.75) is 33.1 Å². The van der Waals surface area contributed by atoms with Crippen LogP contribution in [0.15, 0.2) is 59.4 Å². The maximum Gasteiger partial charge on any atom is 0.295 e. The molecule has 24 heavy (non-hydrogen) atoms. The summed E-state index contributed by atoms with van der Waals surface area (Å²) in [6.07, 6.45) is 0. The van der Waals surface area contributed by atoms with Gasteiger partial charge in [0.05, 0.1) is 17.1 Å². The molecule has 0 aliphatic carbocycles. The summed E-state index contributed by atoms with van der Waals surface area (Å²) >= 11 is 0. The fraction of sp³-hybridized carbons (Fsp3) is 0.250. The van der Waals surface area contributed by atoms with Crippen LogP contribution in [-0.2, 0) is 5.41 Å². The lowest BCUT2D eigenvalue weighted by molar-refractivity contribution is 0.530. The van der Waals surface area contributed by atoms with Crippen LogP contribution in [0.4, 0.5) is 5.69 Å². The lowest BCUT2D eigenvalue weighted by Gasteiger charge is -2.23. The molecule has 2 aromatic carbocycles. The van der Waals surface area contributed by atoms with Crippen molar-refractivity contribution in [2.75, 3.05) is 5.73 Å². The van der Waals surface area contributed by atoms with Crippen molar-refractivity contribution in [3.05, 3.63) is 76.2 Å². The molecule has 0 unspecified atom stereocenters. The molecule has 0 fully saturated rings. The van der Waals surface area contributed by atoms with E-state index in [1.165, 1.54) is 0 Å². The molecule has 3 rings (SSSR count). The molecule has 0 atom stereocenters. The molecule has 2 N–H and O–H groups in total. The van der Waals surface area contributed by atoms with E-state index in [4.69, 9.17) is 5.73 Å². The molecule has 0 saturated heterocycles. The highest BCUT2D eigenvalue weighted by atomic mass is 16.1. The topological polar surface area (TPSA) is 52.9 Å². The van der Waals surface area contributed by atoms with Crippen LogP contribution in [0.1, 0.15) is 32.0 Å². The quantitative estimate of drug-likeness (QED) is 0.780. The van der Waals surface area contributed by atoms with Gasteiger partial charge in [0.2, 0.25) is 0 Å². The van der Waals surface area contributed by atoms with Crippen molar-refractivity contribution >= 4 is 5.69 Å². The Morgan fingerprint density at radius 1 is 0.875 bits per heavy atom. The minimum atomic E-state index is -0.270. The number of para-hydroxylation sites is 1. The lowest BCUT2D eigenvalue weighted by Crippen LogP contribution is -2.23. The highest BCUT2D eigenvalue weighted by Gasteiger charge is 2.28. The second-order valence-corrected chi connectivity index (χ2v) is 7.12. The van der Waals surface area contributed by atoms with Gasteiger partial charge in [-0.15, -0.1) is 0 Å². The van der Waals surface area contributed by atoms with Gasteiger partial charge in [0.1, 0.15) is 5.69 Å². The monoisotopic (exact) mass is 321 g/mol. The molecule has 4 heteroatoms. The van der Waals surface area contributed by atoms with E-state index >= 15 is 0 Å². The van der Waals surface area contributed by atoms with Gasteiger partial charge in [-0.05, 0) is 36.8 Å². The van der Waals surface area contributed by atoms with Gasteiger partial charge in [-0.25, -0.2) is 9.36 Å². The SMILES string of the molecule is Cc1cccc(-n2c(=O)c(N)c(C(C)(C)C)n2-c2ccccc2)c1. The summed E-state index contributed by atoms with van der Waals surface area (Å²) in [6, 6.07) is 17.7. The Bertz CT molecular complexity index is 928. The summed E-state index contributed by atoms with van der Waals surface area (Å²) in [7, 11) is 0. The van der Waals surface area contributed by atoms with Crippen LogP contribution in [0.2, 0.25) is 0 Å². The second kappa shape index (κ2) is 5.71. The van der Waals surface area contributed by atoms with E-state index in [9.17, 15) is 4.79 Å². The van der Waals surface area contributed by atoms with E-state index in [2.05, 4.69) is 20.8 Å². The molecule has 3 aromatic rings. The number of rotatable bonds is 2. The molecule has 0 radical (unpaired) electrons. The van der Waals surface area contributed by atoms with Gasteiger partial charge in [-0.1, -0.05) is 51.1 Å². The summed E-state index contributed by atoms with van der Waals surface area (Å²) < 4.78 is 3.60. The Labute approximate surface area is 142 Å². The fourth-order valence-electron chi connectivity index (χ4n) is 3.05. The number of hydrogen-bond donors (Lipinski definition) is 1. The summed E-state index contributed by atoms with van der Waals surface area (Å²) in [5.74, 6) is 0. The largest absolute Gasteiger partial charge is 0.393 e. The van der Waals surface area contributed by atoms with Gasteiger partial charge in [0, 0.05) is 5.41 Å². The van der Waals surface area contributed by atoms with Crippen molar-refractivity contribution in [2.24, 2.45) is 0 Å². The first-order valence-corrected chi connectivity index (χ1v) is 8.07. The minimum Gasteiger partial charge on any atom is -0.393 e. The lowest BCUT2D eigenvalue weighted by atomic mass is 9.91. The van der Waals surface area contributed by atoms with Crippen molar-refractivity contribution in [1.29, 1.82) is 0 Å². The normalized spacial score (nSPS) is 11.7. The Balaban J connectivity index is 2.44. The molecular formula is C20H23N3O. The summed E-state index contributed by atoms with van der Waals surface area (Å²) in [5.41, 5.74) is 9.73. The van der Waals surface area contributed by atoms with E-state index in [0.717, 1.165) is 22.6 Å². The maximum atomic E-state index is 13.0. The van der Waals surface area contributed by atoms with Crippen LogP contribution in [0.3, 0.4) is 0 Å². The van der Waals surface area contributed by atoms with Crippen LogP contribution < -0.4 is 11.3 Å². The van der Waals surface area contributed by atoms with Crippen LogP contribution in [0.5, 0.6) is 0 Å². The molecule has 0 bridgehead atoms. The zero-order valence-corrected chi connectivity index (χ0v) is 14.6. The first-order chi connectivity index (χ1) is 11.3. The van der Waals surface area contributed by atoms with E-state index in [1.54, 1.807) is 4.68 Å². The van der Waals surface area contributed by atoms with Gasteiger partial charge in [-0.2, -0.15) is 0 Å². The highest BCUT2D eigenvalue weighted by molar-refractivity contribution is 5.53. The van der Waals surface area contributed by atoms with E-state index < -0.39 is 0 Å². The molecular weight excluding hydrogens is 298 g/mol. The zero-order valence-electron chi connectivity index (χ0n) is 14.6. The predicted molar refractivity (Wildman–Crippen MR) is 99.2 cm³/mol. The number of nitrogens with two attached hydrogens (primary N) is 1. The predicted octanol–water partition coefficient (Wildman–Crippen LogP) is 3.82. The number of benzene rings is 2. The first-order valence-electron chi connectivity index (χ1n) is 8.07. The molecule has 0 amide bonds. The molecule has 0 aliphatic rings. The zero-order chi connectivity index (χ0) is 17.5. The fourth-order valence-corrected chi connectivity index (χ4v) is 3.05. The second-order valence-electron chi connectivity index (χ2n) is 7.12. The van der Waals surface area contributed by atoms with Gasteiger partial charge in [0.25, 0.3) is 5.56 Å². The third-order valence-corrected chi connectivity index (χ3v) is 4.05. The number of nitrogens with zero attached hydrogens (tertiary/aromatic N) is 2. The van der Waals surface area contributed by atoms with Crippen molar-refractivity contribution in [3.8, 4) is 11.4 Å². The molecule has 0 spiro atoms. The van der Waals surface area contributed by atoms with Gasteiger partial charge in [0.15, 0.2) is 0 Å². The molecule has 124 valence electrons. The van der Waals surface area contributed by atoms with E-state index in [1.807, 2.05) is 66.2 Å². The standard InChI is InChI=1S/C20H23N3O/c1-14-9-8-12-16(13-14)23-19(24)17(21)18(20(2,3)4)22(23)15-10-6-5-7-11-15/h5-13H,21H2,1-4H3. The Morgan fingerprint density at radius 2 is 1.50 bits per heavy atom. The molecule has 1 aromatic heterocycles. The maximum absolute atomic E-state index is 13.0. The summed E-state index contributed by atoms with van der Waals surface area (Å²) in [5, 5.41) is 0. The van der Waals surface area contributed by atoms with Crippen molar-refractivity contribution < 1.29 is 0 Å². The van der Waals surface area contributed by atoms with E-state index in [0.29, 0.717) is 5.69 Å². The van der Waals surface area contributed by atoms with Gasteiger partial charge < -0.3 is 5.73 Å². The summed E-state index contributed by atoms with van der Waals surface area (Å²) in [4.78, 5) is 13.0. The smallest absolute Gasteiger partial charge is 0.295 e. The Morgan fingerprint density at radius 3 is 2.08 bits per heavy atom. The third kappa shape index (κ3) is 2.64. The van der Waals surface area contributed by atoms with Crippen molar-refractivity contribution in [1.82, 2.24) is 9.36 Å². The van der Waals surface area contributed by atoms with Gasteiger partial charge in [-0.3, -0.25) is 4.79 Å². The average molecular weight is 321 g/mol. The molecule has 0 aliphatic heterocycles. The average Bonchev–Trinajstić information content (AvgIpc) is 2.80. The van der Waals surface area contributed by atoms with Crippen LogP contribution >= 0.6 is 0 Å². The third-order valence-electron chi connectivity index (χ3n) is 4.05. The number of aryl methyl sites for hydroxylation is 1. The van der Waals surface area contributed by atoms with Crippen LogP contribution in [0, 0.1) is 6.92 Å².